The zero-order valence-corrected chi connectivity index (χ0v) is 11.2. The molecule has 0 aliphatic heterocycles. The minimum Gasteiger partial charge on any atom is -0.334 e. The van der Waals surface area contributed by atoms with Crippen molar-refractivity contribution in [3.8, 4) is 0 Å². The number of rotatable bonds is 6. The van der Waals surface area contributed by atoms with Gasteiger partial charge in [-0.1, -0.05) is 19.8 Å². The molecule has 2 rings (SSSR count). The molecule has 1 aliphatic carbocycles. The maximum absolute atomic E-state index is 4.59. The second-order valence-corrected chi connectivity index (χ2v) is 5.05. The Hall–Kier alpha value is -0.830. The van der Waals surface area contributed by atoms with Crippen molar-refractivity contribution >= 4 is 0 Å². The van der Waals surface area contributed by atoms with Gasteiger partial charge in [0.05, 0.1) is 6.04 Å². The summed E-state index contributed by atoms with van der Waals surface area (Å²) in [5.74, 6) is 2.03. The average molecular weight is 235 g/mol. The third-order valence-corrected chi connectivity index (χ3v) is 3.85. The van der Waals surface area contributed by atoms with E-state index in [2.05, 4.69) is 34.9 Å². The second kappa shape index (κ2) is 6.20. The average Bonchev–Trinajstić information content (AvgIpc) is 3.00. The fourth-order valence-corrected chi connectivity index (χ4v) is 2.93. The summed E-state index contributed by atoms with van der Waals surface area (Å²) in [5.41, 5.74) is 0. The topological polar surface area (TPSA) is 29.9 Å². The van der Waals surface area contributed by atoms with Crippen LogP contribution in [0.3, 0.4) is 0 Å². The van der Waals surface area contributed by atoms with Crippen molar-refractivity contribution in [2.75, 3.05) is 6.54 Å². The second-order valence-electron chi connectivity index (χ2n) is 5.05. The monoisotopic (exact) mass is 235 g/mol. The van der Waals surface area contributed by atoms with E-state index in [1.807, 2.05) is 6.20 Å². The number of hydrogen-bond donors (Lipinski definition) is 1. The summed E-state index contributed by atoms with van der Waals surface area (Å²) in [5, 5.41) is 3.71. The van der Waals surface area contributed by atoms with Gasteiger partial charge in [-0.05, 0) is 38.6 Å². The summed E-state index contributed by atoms with van der Waals surface area (Å²) in [4.78, 5) is 4.59. The first-order chi connectivity index (χ1) is 8.36. The fourth-order valence-electron chi connectivity index (χ4n) is 2.93. The van der Waals surface area contributed by atoms with Gasteiger partial charge in [0.15, 0.2) is 0 Å². The van der Waals surface area contributed by atoms with Gasteiger partial charge in [0.1, 0.15) is 5.82 Å². The number of nitrogens with zero attached hydrogens (tertiary/aromatic N) is 2. The van der Waals surface area contributed by atoms with E-state index >= 15 is 0 Å². The van der Waals surface area contributed by atoms with Gasteiger partial charge in [-0.3, -0.25) is 0 Å². The highest BCUT2D eigenvalue weighted by Gasteiger charge is 2.28. The van der Waals surface area contributed by atoms with E-state index in [-0.39, 0.29) is 0 Å². The molecule has 1 atom stereocenters. The zero-order valence-electron chi connectivity index (χ0n) is 11.2. The third kappa shape index (κ3) is 2.89. The number of aromatic nitrogens is 2. The molecule has 1 saturated carbocycles. The highest BCUT2D eigenvalue weighted by atomic mass is 15.1. The summed E-state index contributed by atoms with van der Waals surface area (Å²) < 4.78 is 2.28. The van der Waals surface area contributed by atoms with E-state index in [4.69, 9.17) is 0 Å². The Labute approximate surface area is 105 Å². The molecule has 0 bridgehead atoms. The highest BCUT2D eigenvalue weighted by Crippen LogP contribution is 2.35. The Balaban J connectivity index is 2.13. The molecule has 0 saturated heterocycles. The lowest BCUT2D eigenvalue weighted by atomic mass is 9.97. The lowest BCUT2D eigenvalue weighted by molar-refractivity contribution is 0.344. The van der Waals surface area contributed by atoms with Crippen LogP contribution in [0.25, 0.3) is 0 Å². The summed E-state index contributed by atoms with van der Waals surface area (Å²) in [6.45, 7) is 6.53. The molecule has 0 amide bonds. The van der Waals surface area contributed by atoms with Gasteiger partial charge < -0.3 is 9.88 Å². The first-order valence-electron chi connectivity index (χ1n) is 7.11. The lowest BCUT2D eigenvalue weighted by Gasteiger charge is -2.24. The zero-order chi connectivity index (χ0) is 12.1. The van der Waals surface area contributed by atoms with Crippen LogP contribution in [0.15, 0.2) is 12.4 Å². The molecule has 3 heteroatoms. The molecular formula is C14H25N3. The van der Waals surface area contributed by atoms with Crippen LogP contribution in [-0.2, 0) is 6.54 Å². The molecule has 1 aliphatic rings. The molecule has 1 fully saturated rings. The Morgan fingerprint density at radius 3 is 2.82 bits per heavy atom. The van der Waals surface area contributed by atoms with Gasteiger partial charge in [-0.15, -0.1) is 0 Å². The summed E-state index contributed by atoms with van der Waals surface area (Å²) in [6.07, 6.45) is 10.7. The van der Waals surface area contributed by atoms with E-state index in [9.17, 15) is 0 Å². The lowest BCUT2D eigenvalue weighted by Crippen LogP contribution is -2.30. The summed E-state index contributed by atoms with van der Waals surface area (Å²) >= 11 is 0. The Morgan fingerprint density at radius 1 is 1.41 bits per heavy atom. The number of hydrogen-bond acceptors (Lipinski definition) is 2. The van der Waals surface area contributed by atoms with Crippen LogP contribution in [0.4, 0.5) is 0 Å². The van der Waals surface area contributed by atoms with Crippen molar-refractivity contribution in [2.45, 2.75) is 58.5 Å². The predicted octanol–water partition coefficient (Wildman–Crippen LogP) is 3.13. The fraction of sp³-hybridized carbons (Fsp3) is 0.786. The molecule has 0 radical (unpaired) electrons. The van der Waals surface area contributed by atoms with E-state index < -0.39 is 0 Å². The molecule has 3 nitrogen and oxygen atoms in total. The molecule has 1 unspecified atom stereocenters. The van der Waals surface area contributed by atoms with E-state index in [1.54, 1.807) is 0 Å². The van der Waals surface area contributed by atoms with Gasteiger partial charge in [-0.25, -0.2) is 4.98 Å². The van der Waals surface area contributed by atoms with Crippen LogP contribution in [0, 0.1) is 5.92 Å². The van der Waals surface area contributed by atoms with Crippen LogP contribution in [-0.4, -0.2) is 16.1 Å². The molecule has 96 valence electrons. The smallest absolute Gasteiger partial charge is 0.126 e. The quantitative estimate of drug-likeness (QED) is 0.821. The van der Waals surface area contributed by atoms with Crippen LogP contribution in [0.5, 0.6) is 0 Å². The maximum atomic E-state index is 4.59. The molecule has 1 N–H and O–H groups in total. The van der Waals surface area contributed by atoms with Gasteiger partial charge in [0, 0.05) is 18.9 Å². The van der Waals surface area contributed by atoms with E-state index in [1.165, 1.54) is 37.9 Å². The van der Waals surface area contributed by atoms with Crippen molar-refractivity contribution < 1.29 is 0 Å². The standard InChI is InChI=1S/C14H25N3/c1-3-9-15-13(12-7-5-6-8-12)14-16-10-11-17(14)4-2/h10-13,15H,3-9H2,1-2H3. The highest BCUT2D eigenvalue weighted by molar-refractivity contribution is 5.02. The number of nitrogens with one attached hydrogen (secondary N) is 1. The Bertz CT molecular complexity index is 326. The molecule has 1 aromatic rings. The van der Waals surface area contributed by atoms with Crippen molar-refractivity contribution in [3.63, 3.8) is 0 Å². The summed E-state index contributed by atoms with van der Waals surface area (Å²) in [6, 6.07) is 0.465. The first kappa shape index (κ1) is 12.6. The van der Waals surface area contributed by atoms with Crippen LogP contribution >= 0.6 is 0 Å². The molecule has 0 spiro atoms. The Morgan fingerprint density at radius 2 is 2.18 bits per heavy atom. The van der Waals surface area contributed by atoms with Crippen molar-refractivity contribution in [2.24, 2.45) is 5.92 Å². The van der Waals surface area contributed by atoms with E-state index in [0.717, 1.165) is 19.0 Å². The minimum absolute atomic E-state index is 0.465. The van der Waals surface area contributed by atoms with Gasteiger partial charge in [-0.2, -0.15) is 0 Å². The van der Waals surface area contributed by atoms with Gasteiger partial charge in [0.25, 0.3) is 0 Å². The molecule has 17 heavy (non-hydrogen) atoms. The molecular weight excluding hydrogens is 210 g/mol. The minimum atomic E-state index is 0.465. The largest absolute Gasteiger partial charge is 0.334 e. The van der Waals surface area contributed by atoms with Crippen molar-refractivity contribution in [1.82, 2.24) is 14.9 Å². The van der Waals surface area contributed by atoms with Crippen LogP contribution in [0.2, 0.25) is 0 Å². The van der Waals surface area contributed by atoms with Crippen LogP contribution in [0.1, 0.15) is 57.8 Å². The molecule has 1 aromatic heterocycles. The normalized spacial score (nSPS) is 18.7. The van der Waals surface area contributed by atoms with E-state index in [0.29, 0.717) is 6.04 Å². The number of imidazole rings is 1. The molecule has 1 heterocycles. The number of aryl methyl sites for hydroxylation is 1. The Kier molecular flexibility index (Phi) is 4.60. The van der Waals surface area contributed by atoms with Gasteiger partial charge >= 0.3 is 0 Å². The molecule has 0 aromatic carbocycles. The maximum Gasteiger partial charge on any atom is 0.126 e. The van der Waals surface area contributed by atoms with Crippen molar-refractivity contribution in [1.29, 1.82) is 0 Å². The predicted molar refractivity (Wildman–Crippen MR) is 70.9 cm³/mol. The third-order valence-electron chi connectivity index (χ3n) is 3.85. The van der Waals surface area contributed by atoms with Crippen molar-refractivity contribution in [3.05, 3.63) is 18.2 Å². The first-order valence-corrected chi connectivity index (χ1v) is 7.11. The van der Waals surface area contributed by atoms with Gasteiger partial charge in [0.2, 0.25) is 0 Å². The SMILES string of the molecule is CCCNC(c1nccn1CC)C1CCCC1. The van der Waals surface area contributed by atoms with Crippen LogP contribution < -0.4 is 5.32 Å². The summed E-state index contributed by atoms with van der Waals surface area (Å²) in [7, 11) is 0.